The number of anilines is 2. The van der Waals surface area contributed by atoms with Gasteiger partial charge < -0.3 is 10.6 Å². The molecule has 0 bridgehead atoms. The number of amides is 1. The summed E-state index contributed by atoms with van der Waals surface area (Å²) in [6, 6.07) is 12.4. The number of carbonyl (C=O) groups excluding carboxylic acids is 1. The van der Waals surface area contributed by atoms with Crippen LogP contribution in [0.5, 0.6) is 0 Å². The Morgan fingerprint density at radius 2 is 2.10 bits per heavy atom. The van der Waals surface area contributed by atoms with Gasteiger partial charge in [-0.3, -0.25) is 4.79 Å². The van der Waals surface area contributed by atoms with Gasteiger partial charge in [0.05, 0.1) is 10.4 Å². The zero-order valence-corrected chi connectivity index (χ0v) is 12.8. The van der Waals surface area contributed by atoms with Crippen molar-refractivity contribution in [3.05, 3.63) is 58.3 Å². The maximum Gasteiger partial charge on any atom is 0.229 e. The van der Waals surface area contributed by atoms with Gasteiger partial charge in [-0.1, -0.05) is 18.2 Å². The fourth-order valence-corrected chi connectivity index (χ4v) is 2.82. The minimum Gasteiger partial charge on any atom is -0.384 e. The fraction of sp³-hybridized carbons (Fsp3) is 0.188. The van der Waals surface area contributed by atoms with Crippen molar-refractivity contribution < 1.29 is 9.18 Å². The second-order valence-electron chi connectivity index (χ2n) is 5.06. The van der Waals surface area contributed by atoms with Crippen LogP contribution in [0.2, 0.25) is 0 Å². The fourth-order valence-electron chi connectivity index (χ4n) is 2.45. The molecule has 5 heteroatoms. The number of hydrogen-bond donors (Lipinski definition) is 2. The third-order valence-electron chi connectivity index (χ3n) is 3.58. The SMILES string of the molecule is O=C(Nc1ccc(F)c(Br)c1)C1CNc2ccccc2C1. The van der Waals surface area contributed by atoms with Crippen molar-refractivity contribution in [2.24, 2.45) is 5.92 Å². The second kappa shape index (κ2) is 5.85. The van der Waals surface area contributed by atoms with E-state index in [4.69, 9.17) is 0 Å². The van der Waals surface area contributed by atoms with Gasteiger partial charge in [0, 0.05) is 17.9 Å². The molecule has 0 saturated carbocycles. The van der Waals surface area contributed by atoms with Gasteiger partial charge in [-0.25, -0.2) is 4.39 Å². The lowest BCUT2D eigenvalue weighted by Crippen LogP contribution is -2.33. The average molecular weight is 349 g/mol. The molecule has 1 aliphatic rings. The molecule has 0 radical (unpaired) electrons. The van der Waals surface area contributed by atoms with Gasteiger partial charge in [0.2, 0.25) is 5.91 Å². The van der Waals surface area contributed by atoms with Crippen LogP contribution in [0.25, 0.3) is 0 Å². The van der Waals surface area contributed by atoms with Crippen LogP contribution in [0.4, 0.5) is 15.8 Å². The molecule has 108 valence electrons. The predicted octanol–water partition coefficient (Wildman–Crippen LogP) is 3.81. The van der Waals surface area contributed by atoms with Gasteiger partial charge in [0.25, 0.3) is 0 Å². The number of para-hydroxylation sites is 1. The zero-order valence-electron chi connectivity index (χ0n) is 11.2. The highest BCUT2D eigenvalue weighted by molar-refractivity contribution is 9.10. The quantitative estimate of drug-likeness (QED) is 0.866. The summed E-state index contributed by atoms with van der Waals surface area (Å²) in [4.78, 5) is 12.3. The van der Waals surface area contributed by atoms with Gasteiger partial charge in [-0.05, 0) is 52.2 Å². The third-order valence-corrected chi connectivity index (χ3v) is 4.19. The van der Waals surface area contributed by atoms with E-state index in [1.54, 1.807) is 12.1 Å². The molecule has 2 N–H and O–H groups in total. The highest BCUT2D eigenvalue weighted by Crippen LogP contribution is 2.26. The molecule has 21 heavy (non-hydrogen) atoms. The second-order valence-corrected chi connectivity index (χ2v) is 5.91. The molecule has 2 aromatic carbocycles. The van der Waals surface area contributed by atoms with Crippen LogP contribution in [0.1, 0.15) is 5.56 Å². The lowest BCUT2D eigenvalue weighted by molar-refractivity contribution is -0.119. The van der Waals surface area contributed by atoms with E-state index in [-0.39, 0.29) is 17.6 Å². The molecule has 2 aromatic rings. The number of benzene rings is 2. The van der Waals surface area contributed by atoms with Gasteiger partial charge in [0.1, 0.15) is 5.82 Å². The predicted molar refractivity (Wildman–Crippen MR) is 84.9 cm³/mol. The molecule has 0 aromatic heterocycles. The number of halogens is 2. The van der Waals surface area contributed by atoms with Gasteiger partial charge in [0.15, 0.2) is 0 Å². The van der Waals surface area contributed by atoms with E-state index < -0.39 is 0 Å². The summed E-state index contributed by atoms with van der Waals surface area (Å²) in [5, 5.41) is 6.10. The number of fused-ring (bicyclic) bond motifs is 1. The maximum absolute atomic E-state index is 13.2. The first-order valence-electron chi connectivity index (χ1n) is 6.71. The topological polar surface area (TPSA) is 41.1 Å². The van der Waals surface area contributed by atoms with Crippen LogP contribution in [0.15, 0.2) is 46.9 Å². The Bertz CT molecular complexity index is 690. The Hall–Kier alpha value is -1.88. The monoisotopic (exact) mass is 348 g/mol. The molecule has 0 fully saturated rings. The average Bonchev–Trinajstić information content (AvgIpc) is 2.50. The standard InChI is InChI=1S/C16H14BrFN2O/c17-13-8-12(5-6-14(13)18)20-16(21)11-7-10-3-1-2-4-15(10)19-9-11/h1-6,8,11,19H,7,9H2,(H,20,21). The first-order valence-corrected chi connectivity index (χ1v) is 7.50. The Morgan fingerprint density at radius 1 is 1.29 bits per heavy atom. The molecular formula is C16H14BrFN2O. The molecule has 0 aliphatic carbocycles. The number of nitrogens with one attached hydrogen (secondary N) is 2. The summed E-state index contributed by atoms with van der Waals surface area (Å²) in [5.74, 6) is -0.541. The maximum atomic E-state index is 13.2. The van der Waals surface area contributed by atoms with E-state index in [2.05, 4.69) is 26.6 Å². The summed E-state index contributed by atoms with van der Waals surface area (Å²) < 4.78 is 13.5. The van der Waals surface area contributed by atoms with Crippen molar-refractivity contribution >= 4 is 33.2 Å². The number of carbonyl (C=O) groups is 1. The van der Waals surface area contributed by atoms with Crippen LogP contribution >= 0.6 is 15.9 Å². The third kappa shape index (κ3) is 3.08. The van der Waals surface area contributed by atoms with Crippen molar-refractivity contribution in [1.29, 1.82) is 0 Å². The summed E-state index contributed by atoms with van der Waals surface area (Å²) in [6.07, 6.45) is 0.706. The highest BCUT2D eigenvalue weighted by Gasteiger charge is 2.24. The molecule has 1 atom stereocenters. The summed E-state index contributed by atoms with van der Waals surface area (Å²) in [5.41, 5.74) is 2.82. The molecule has 3 rings (SSSR count). The van der Waals surface area contributed by atoms with Gasteiger partial charge >= 0.3 is 0 Å². The summed E-state index contributed by atoms with van der Waals surface area (Å²) >= 11 is 3.11. The molecular weight excluding hydrogens is 335 g/mol. The van der Waals surface area contributed by atoms with E-state index in [0.717, 1.165) is 11.3 Å². The van der Waals surface area contributed by atoms with Gasteiger partial charge in [-0.15, -0.1) is 0 Å². The molecule has 1 heterocycles. The normalized spacial score (nSPS) is 16.8. The van der Waals surface area contributed by atoms with Crippen molar-refractivity contribution in [1.82, 2.24) is 0 Å². The molecule has 1 amide bonds. The van der Waals surface area contributed by atoms with E-state index in [1.165, 1.54) is 6.07 Å². The Morgan fingerprint density at radius 3 is 2.90 bits per heavy atom. The van der Waals surface area contributed by atoms with Crippen molar-refractivity contribution in [3.8, 4) is 0 Å². The molecule has 3 nitrogen and oxygen atoms in total. The molecule has 1 aliphatic heterocycles. The first kappa shape index (κ1) is 14.1. The Balaban J connectivity index is 1.70. The highest BCUT2D eigenvalue weighted by atomic mass is 79.9. The lowest BCUT2D eigenvalue weighted by atomic mass is 9.93. The van der Waals surface area contributed by atoms with Crippen molar-refractivity contribution in [2.75, 3.05) is 17.2 Å². The van der Waals surface area contributed by atoms with Crippen LogP contribution in [-0.2, 0) is 11.2 Å². The van der Waals surface area contributed by atoms with E-state index >= 15 is 0 Å². The number of rotatable bonds is 2. The Kier molecular flexibility index (Phi) is 3.92. The van der Waals surface area contributed by atoms with E-state index in [0.29, 0.717) is 23.1 Å². The number of hydrogen-bond acceptors (Lipinski definition) is 2. The minimum atomic E-state index is -0.346. The van der Waals surface area contributed by atoms with E-state index in [9.17, 15) is 9.18 Å². The van der Waals surface area contributed by atoms with Crippen LogP contribution < -0.4 is 10.6 Å². The van der Waals surface area contributed by atoms with Crippen LogP contribution in [0, 0.1) is 11.7 Å². The Labute approximate surface area is 130 Å². The van der Waals surface area contributed by atoms with Crippen molar-refractivity contribution in [2.45, 2.75) is 6.42 Å². The van der Waals surface area contributed by atoms with E-state index in [1.807, 2.05) is 24.3 Å². The van der Waals surface area contributed by atoms with Crippen molar-refractivity contribution in [3.63, 3.8) is 0 Å². The smallest absolute Gasteiger partial charge is 0.229 e. The molecule has 0 saturated heterocycles. The largest absolute Gasteiger partial charge is 0.384 e. The summed E-state index contributed by atoms with van der Waals surface area (Å²) in [7, 11) is 0. The molecule has 1 unspecified atom stereocenters. The summed E-state index contributed by atoms with van der Waals surface area (Å²) in [6.45, 7) is 0.602. The molecule has 0 spiro atoms. The zero-order chi connectivity index (χ0) is 14.8. The first-order chi connectivity index (χ1) is 10.1. The van der Waals surface area contributed by atoms with Crippen LogP contribution in [0.3, 0.4) is 0 Å². The lowest BCUT2D eigenvalue weighted by Gasteiger charge is -2.25. The minimum absolute atomic E-state index is 0.0597. The van der Waals surface area contributed by atoms with Crippen LogP contribution in [-0.4, -0.2) is 12.5 Å². The van der Waals surface area contributed by atoms with Gasteiger partial charge in [-0.2, -0.15) is 0 Å².